The van der Waals surface area contributed by atoms with Crippen molar-refractivity contribution in [1.82, 2.24) is 4.90 Å². The third-order valence-electron chi connectivity index (χ3n) is 8.44. The lowest BCUT2D eigenvalue weighted by Gasteiger charge is -2.41. The number of allylic oxidation sites excluding steroid dienone is 2. The van der Waals surface area contributed by atoms with Gasteiger partial charge in [-0.1, -0.05) is 43.5 Å². The molecule has 1 saturated carbocycles. The highest BCUT2D eigenvalue weighted by Crippen LogP contribution is 2.49. The topological polar surface area (TPSA) is 15.7 Å². The summed E-state index contributed by atoms with van der Waals surface area (Å²) in [5, 5.41) is 0. The molecule has 0 radical (unpaired) electrons. The van der Waals surface area contributed by atoms with Gasteiger partial charge in [0.15, 0.2) is 0 Å². The van der Waals surface area contributed by atoms with E-state index in [4.69, 9.17) is 4.74 Å². The van der Waals surface area contributed by atoms with Crippen molar-refractivity contribution >= 4 is 11.3 Å². The third kappa shape index (κ3) is 4.62. The largest absolute Gasteiger partial charge is 0.381 e. The van der Waals surface area contributed by atoms with Crippen molar-refractivity contribution in [2.45, 2.75) is 64.2 Å². The fourth-order valence-corrected chi connectivity index (χ4v) is 6.43. The van der Waals surface area contributed by atoms with Gasteiger partial charge in [-0.3, -0.25) is 4.90 Å². The van der Waals surface area contributed by atoms with Gasteiger partial charge in [0.1, 0.15) is 0 Å². The molecular weight excluding hydrogens is 368 g/mol. The molecule has 0 unspecified atom stereocenters. The molecule has 3 heteroatoms. The first kappa shape index (κ1) is 20.6. The zero-order valence-corrected chi connectivity index (χ0v) is 18.8. The van der Waals surface area contributed by atoms with Gasteiger partial charge in [-0.2, -0.15) is 0 Å². The summed E-state index contributed by atoms with van der Waals surface area (Å²) in [6.45, 7) is 7.94. The first-order valence-electron chi connectivity index (χ1n) is 12.6. The average molecular weight is 409 g/mol. The van der Waals surface area contributed by atoms with Gasteiger partial charge in [-0.15, -0.1) is 0 Å². The molecule has 164 valence electrons. The second-order valence-corrected chi connectivity index (χ2v) is 10.4. The number of hydrogen-bond acceptors (Lipinski definition) is 3. The third-order valence-corrected chi connectivity index (χ3v) is 8.44. The molecule has 1 spiro atoms. The summed E-state index contributed by atoms with van der Waals surface area (Å²) in [5.41, 5.74) is 5.26. The van der Waals surface area contributed by atoms with Crippen LogP contribution < -0.4 is 4.90 Å². The Balaban J connectivity index is 1.22. The van der Waals surface area contributed by atoms with Crippen molar-refractivity contribution in [2.75, 3.05) is 50.8 Å². The van der Waals surface area contributed by atoms with Crippen LogP contribution in [0, 0.1) is 11.3 Å². The molecule has 3 fully saturated rings. The van der Waals surface area contributed by atoms with Crippen LogP contribution >= 0.6 is 0 Å². The van der Waals surface area contributed by atoms with E-state index in [1.165, 1.54) is 95.1 Å². The molecule has 5 rings (SSSR count). The van der Waals surface area contributed by atoms with Crippen LogP contribution in [0.15, 0.2) is 30.3 Å². The number of benzene rings is 1. The van der Waals surface area contributed by atoms with Crippen LogP contribution in [0.5, 0.6) is 0 Å². The first-order chi connectivity index (χ1) is 14.8. The van der Waals surface area contributed by atoms with Crippen LogP contribution in [-0.2, 0) is 4.74 Å². The van der Waals surface area contributed by atoms with E-state index >= 15 is 0 Å². The second-order valence-electron chi connectivity index (χ2n) is 10.4. The van der Waals surface area contributed by atoms with E-state index in [1.54, 1.807) is 5.57 Å². The summed E-state index contributed by atoms with van der Waals surface area (Å²) < 4.78 is 5.54. The maximum absolute atomic E-state index is 5.54. The van der Waals surface area contributed by atoms with Crippen LogP contribution in [0.3, 0.4) is 0 Å². The Hall–Kier alpha value is -1.32. The number of nitrogens with zero attached hydrogens (tertiary/aromatic N) is 2. The molecular formula is C27H40N2O. The Kier molecular flexibility index (Phi) is 6.48. The van der Waals surface area contributed by atoms with Gasteiger partial charge in [-0.25, -0.2) is 0 Å². The second kappa shape index (κ2) is 9.44. The molecule has 1 aromatic carbocycles. The molecule has 2 aliphatic carbocycles. The van der Waals surface area contributed by atoms with E-state index in [2.05, 4.69) is 40.1 Å². The number of rotatable bonds is 4. The number of ether oxygens (including phenoxy) is 1. The molecule has 3 nitrogen and oxygen atoms in total. The fraction of sp³-hybridized carbons (Fsp3) is 0.704. The molecule has 0 atom stereocenters. The van der Waals surface area contributed by atoms with Crippen LogP contribution in [0.4, 0.5) is 5.69 Å². The Morgan fingerprint density at radius 3 is 2.40 bits per heavy atom. The molecule has 2 aliphatic heterocycles. The molecule has 1 aromatic rings. The molecule has 4 aliphatic rings. The number of para-hydroxylation sites is 1. The molecule has 30 heavy (non-hydrogen) atoms. The van der Waals surface area contributed by atoms with Gasteiger partial charge in [0, 0.05) is 57.2 Å². The highest BCUT2D eigenvalue weighted by atomic mass is 16.5. The van der Waals surface area contributed by atoms with E-state index in [0.717, 1.165) is 32.2 Å². The summed E-state index contributed by atoms with van der Waals surface area (Å²) in [6, 6.07) is 9.23. The maximum Gasteiger partial charge on any atom is 0.0469 e. The zero-order chi connectivity index (χ0) is 20.2. The molecule has 0 aromatic heterocycles. The highest BCUT2D eigenvalue weighted by molar-refractivity contribution is 5.77. The molecule has 2 saturated heterocycles. The Bertz CT molecular complexity index is 722. The summed E-state index contributed by atoms with van der Waals surface area (Å²) in [5.74, 6) is 0.845. The van der Waals surface area contributed by atoms with Gasteiger partial charge >= 0.3 is 0 Å². The SMILES string of the molecule is C1=C(c2ccccc2N2CCN(CC3CCOCC3)CC2)CCC2(C1)CCCCC2. The summed E-state index contributed by atoms with van der Waals surface area (Å²) in [6.07, 6.45) is 16.4. The number of piperazine rings is 1. The minimum Gasteiger partial charge on any atom is -0.381 e. The number of anilines is 1. The van der Waals surface area contributed by atoms with E-state index in [9.17, 15) is 0 Å². The van der Waals surface area contributed by atoms with Crippen molar-refractivity contribution in [1.29, 1.82) is 0 Å². The Labute approximate surface area is 183 Å². The highest BCUT2D eigenvalue weighted by Gasteiger charge is 2.34. The van der Waals surface area contributed by atoms with Gasteiger partial charge in [0.2, 0.25) is 0 Å². The maximum atomic E-state index is 5.54. The van der Waals surface area contributed by atoms with Gasteiger partial charge < -0.3 is 9.64 Å². The van der Waals surface area contributed by atoms with Crippen molar-refractivity contribution < 1.29 is 4.74 Å². The fourth-order valence-electron chi connectivity index (χ4n) is 6.43. The number of hydrogen-bond donors (Lipinski definition) is 0. The van der Waals surface area contributed by atoms with Crippen LogP contribution in [0.1, 0.15) is 69.8 Å². The van der Waals surface area contributed by atoms with Gasteiger partial charge in [0.25, 0.3) is 0 Å². The summed E-state index contributed by atoms with van der Waals surface area (Å²) in [4.78, 5) is 5.35. The minimum atomic E-state index is 0.645. The van der Waals surface area contributed by atoms with E-state index in [0.29, 0.717) is 5.41 Å². The van der Waals surface area contributed by atoms with E-state index in [1.807, 2.05) is 0 Å². The quantitative estimate of drug-likeness (QED) is 0.630. The van der Waals surface area contributed by atoms with Crippen molar-refractivity contribution in [3.63, 3.8) is 0 Å². The molecule has 0 bridgehead atoms. The normalized spacial score (nSPS) is 26.0. The minimum absolute atomic E-state index is 0.645. The summed E-state index contributed by atoms with van der Waals surface area (Å²) >= 11 is 0. The Morgan fingerprint density at radius 1 is 0.900 bits per heavy atom. The van der Waals surface area contributed by atoms with Crippen molar-refractivity contribution in [2.24, 2.45) is 11.3 Å². The predicted molar refractivity (Wildman–Crippen MR) is 126 cm³/mol. The summed E-state index contributed by atoms with van der Waals surface area (Å²) in [7, 11) is 0. The van der Waals surface area contributed by atoms with Gasteiger partial charge in [-0.05, 0) is 67.9 Å². The zero-order valence-electron chi connectivity index (χ0n) is 18.8. The lowest BCUT2D eigenvalue weighted by atomic mass is 9.65. The molecule has 0 amide bonds. The monoisotopic (exact) mass is 408 g/mol. The first-order valence-corrected chi connectivity index (χ1v) is 12.6. The lowest BCUT2D eigenvalue weighted by molar-refractivity contribution is 0.0517. The van der Waals surface area contributed by atoms with E-state index in [-0.39, 0.29) is 0 Å². The smallest absolute Gasteiger partial charge is 0.0469 e. The van der Waals surface area contributed by atoms with Crippen molar-refractivity contribution in [3.8, 4) is 0 Å². The average Bonchev–Trinajstić information content (AvgIpc) is 2.82. The lowest BCUT2D eigenvalue weighted by Crippen LogP contribution is -2.48. The molecule has 2 heterocycles. The van der Waals surface area contributed by atoms with Crippen molar-refractivity contribution in [3.05, 3.63) is 35.9 Å². The predicted octanol–water partition coefficient (Wildman–Crippen LogP) is 5.75. The molecule has 0 N–H and O–H groups in total. The standard InChI is InChI=1S/C27H40N2O/c1-4-12-27(13-5-1)14-8-24(9-15-27)25-6-2-3-7-26(25)29-18-16-28(17-19-29)22-23-10-20-30-21-11-23/h2-3,6-8,23H,1,4-5,9-22H2. The van der Waals surface area contributed by atoms with Gasteiger partial charge in [0.05, 0.1) is 0 Å². The van der Waals surface area contributed by atoms with Crippen LogP contribution in [-0.4, -0.2) is 50.8 Å². The van der Waals surface area contributed by atoms with Crippen LogP contribution in [0.2, 0.25) is 0 Å². The Morgan fingerprint density at radius 2 is 1.67 bits per heavy atom. The van der Waals surface area contributed by atoms with E-state index < -0.39 is 0 Å². The van der Waals surface area contributed by atoms with Crippen LogP contribution in [0.25, 0.3) is 5.57 Å².